The average Bonchev–Trinajstić information content (AvgIpc) is 2.44. The van der Waals surface area contributed by atoms with Gasteiger partial charge in [-0.2, -0.15) is 0 Å². The molecule has 1 aromatic carbocycles. The number of carbonyl (C=O) groups excluding carboxylic acids is 1. The number of hydrogen-bond donors (Lipinski definition) is 2. The van der Waals surface area contributed by atoms with Crippen LogP contribution in [0.4, 0.5) is 0 Å². The molecule has 1 fully saturated rings. The Morgan fingerprint density at radius 1 is 1.27 bits per heavy atom. The van der Waals surface area contributed by atoms with Crippen molar-refractivity contribution in [3.8, 4) is 5.75 Å². The van der Waals surface area contributed by atoms with E-state index in [4.69, 9.17) is 14.6 Å². The lowest BCUT2D eigenvalue weighted by atomic mass is 10.1. The van der Waals surface area contributed by atoms with E-state index in [2.05, 4.69) is 54.2 Å². The van der Waals surface area contributed by atoms with Crippen LogP contribution in [0.1, 0.15) is 31.9 Å². The number of aryl methyl sites for hydroxylation is 1. The molecule has 1 aliphatic heterocycles. The molecule has 0 unspecified atom stereocenters. The van der Waals surface area contributed by atoms with Crippen LogP contribution < -0.4 is 10.1 Å². The van der Waals surface area contributed by atoms with Crippen LogP contribution in [0.5, 0.6) is 5.75 Å². The summed E-state index contributed by atoms with van der Waals surface area (Å²) in [7, 11) is 4.17. The predicted molar refractivity (Wildman–Crippen MR) is 101 cm³/mol. The number of carbonyl (C=O) groups is 2. The summed E-state index contributed by atoms with van der Waals surface area (Å²) in [5.74, 6) is 1.02. The number of nitrogens with one attached hydrogen (secondary N) is 1. The van der Waals surface area contributed by atoms with E-state index in [1.807, 2.05) is 20.8 Å². The molecule has 0 aromatic heterocycles. The third-order valence-corrected chi connectivity index (χ3v) is 3.18. The lowest BCUT2D eigenvalue weighted by Crippen LogP contribution is -2.50. The van der Waals surface area contributed by atoms with Gasteiger partial charge in [0.1, 0.15) is 17.5 Å². The second kappa shape index (κ2) is 12.3. The van der Waals surface area contributed by atoms with Gasteiger partial charge < -0.3 is 24.8 Å². The summed E-state index contributed by atoms with van der Waals surface area (Å²) in [5.41, 5.74) is 2.25. The third kappa shape index (κ3) is 11.4. The van der Waals surface area contributed by atoms with E-state index in [0.29, 0.717) is 12.6 Å². The van der Waals surface area contributed by atoms with Crippen molar-refractivity contribution in [1.29, 1.82) is 0 Å². The first-order chi connectivity index (χ1) is 12.1. The van der Waals surface area contributed by atoms with E-state index < -0.39 is 0 Å². The molecule has 26 heavy (non-hydrogen) atoms. The topological polar surface area (TPSA) is 88.1 Å². The molecule has 2 rings (SSSR count). The molecule has 0 aliphatic carbocycles. The SMILES string of the molecule is CC(C)(C)OC=O.Cc1cc(CN(C)C)ccc1OC1CNC1.O=CO. The standard InChI is InChI=1S/C13H20N2O.C5H10O2.CH2O2/c1-10-6-11(9-15(2)3)4-5-13(10)16-12-7-14-8-12;1-5(2,3)7-4-6;2-1-3/h4-6,12,14H,7-9H2,1-3H3;4H,1-3H3;1H,(H,2,3). The van der Waals surface area contributed by atoms with Gasteiger partial charge in [0.2, 0.25) is 0 Å². The molecule has 0 saturated carbocycles. The summed E-state index contributed by atoms with van der Waals surface area (Å²) in [6, 6.07) is 6.45. The fourth-order valence-corrected chi connectivity index (χ4v) is 1.98. The van der Waals surface area contributed by atoms with E-state index in [-0.39, 0.29) is 12.1 Å². The Balaban J connectivity index is 0.000000526. The van der Waals surface area contributed by atoms with Gasteiger partial charge in [-0.15, -0.1) is 0 Å². The van der Waals surface area contributed by atoms with Gasteiger partial charge in [0.25, 0.3) is 12.9 Å². The number of carboxylic acid groups (broad SMARTS) is 1. The highest BCUT2D eigenvalue weighted by molar-refractivity contribution is 5.38. The third-order valence-electron chi connectivity index (χ3n) is 3.18. The molecule has 0 amide bonds. The van der Waals surface area contributed by atoms with Crippen LogP contribution in [0.25, 0.3) is 0 Å². The van der Waals surface area contributed by atoms with Crippen molar-refractivity contribution < 1.29 is 24.2 Å². The van der Waals surface area contributed by atoms with Crippen LogP contribution in [0.3, 0.4) is 0 Å². The summed E-state index contributed by atoms with van der Waals surface area (Å²) in [5, 5.41) is 10.1. The number of ether oxygens (including phenoxy) is 2. The minimum atomic E-state index is -0.318. The first-order valence-electron chi connectivity index (χ1n) is 8.44. The maximum atomic E-state index is 9.60. The monoisotopic (exact) mass is 368 g/mol. The highest BCUT2D eigenvalue weighted by Gasteiger charge is 2.18. The number of benzene rings is 1. The second-order valence-corrected chi connectivity index (χ2v) is 7.17. The highest BCUT2D eigenvalue weighted by atomic mass is 16.5. The molecule has 1 heterocycles. The molecule has 0 radical (unpaired) electrons. The first-order valence-corrected chi connectivity index (χ1v) is 8.44. The normalized spacial score (nSPS) is 13.3. The maximum Gasteiger partial charge on any atom is 0.293 e. The minimum absolute atomic E-state index is 0.250. The van der Waals surface area contributed by atoms with Crippen LogP contribution in [-0.4, -0.2) is 61.8 Å². The Kier molecular flexibility index (Phi) is 11.3. The maximum absolute atomic E-state index is 9.60. The van der Waals surface area contributed by atoms with Gasteiger partial charge in [-0.05, 0) is 59.0 Å². The van der Waals surface area contributed by atoms with Crippen LogP contribution in [0.2, 0.25) is 0 Å². The molecule has 0 spiro atoms. The number of hydrogen-bond acceptors (Lipinski definition) is 6. The fourth-order valence-electron chi connectivity index (χ4n) is 1.98. The van der Waals surface area contributed by atoms with Crippen LogP contribution >= 0.6 is 0 Å². The van der Waals surface area contributed by atoms with Gasteiger partial charge in [0.05, 0.1) is 0 Å². The molecule has 0 atom stereocenters. The van der Waals surface area contributed by atoms with Crippen LogP contribution in [0.15, 0.2) is 18.2 Å². The van der Waals surface area contributed by atoms with Crippen molar-refractivity contribution >= 4 is 12.9 Å². The lowest BCUT2D eigenvalue weighted by molar-refractivity contribution is -0.138. The van der Waals surface area contributed by atoms with Gasteiger partial charge in [-0.1, -0.05) is 12.1 Å². The average molecular weight is 368 g/mol. The molecule has 7 heteroatoms. The molecule has 1 saturated heterocycles. The Labute approximate surface area is 156 Å². The second-order valence-electron chi connectivity index (χ2n) is 7.17. The molecule has 2 N–H and O–H groups in total. The van der Waals surface area contributed by atoms with Gasteiger partial charge in [0.15, 0.2) is 0 Å². The zero-order valence-corrected chi connectivity index (χ0v) is 16.6. The zero-order chi connectivity index (χ0) is 20.2. The van der Waals surface area contributed by atoms with Gasteiger partial charge in [-0.3, -0.25) is 9.59 Å². The summed E-state index contributed by atoms with van der Waals surface area (Å²) in [6.07, 6.45) is 0.360. The minimum Gasteiger partial charge on any atom is -0.487 e. The largest absolute Gasteiger partial charge is 0.487 e. The van der Waals surface area contributed by atoms with Gasteiger partial charge in [0, 0.05) is 19.6 Å². The molecule has 0 bridgehead atoms. The van der Waals surface area contributed by atoms with Crippen molar-refractivity contribution in [2.45, 2.75) is 45.9 Å². The lowest BCUT2D eigenvalue weighted by Gasteiger charge is -2.28. The summed E-state index contributed by atoms with van der Waals surface area (Å²) >= 11 is 0. The van der Waals surface area contributed by atoms with E-state index >= 15 is 0 Å². The van der Waals surface area contributed by atoms with Crippen LogP contribution in [0, 0.1) is 6.92 Å². The Bertz CT molecular complexity index is 537. The molecule has 7 nitrogen and oxygen atoms in total. The molecular formula is C19H32N2O5. The number of nitrogens with zero attached hydrogens (tertiary/aromatic N) is 1. The fraction of sp³-hybridized carbons (Fsp3) is 0.579. The van der Waals surface area contributed by atoms with Gasteiger partial charge in [-0.25, -0.2) is 0 Å². The quantitative estimate of drug-likeness (QED) is 0.769. The van der Waals surface area contributed by atoms with E-state index in [1.54, 1.807) is 0 Å². The van der Waals surface area contributed by atoms with Crippen molar-refractivity contribution in [2.75, 3.05) is 27.2 Å². The summed E-state index contributed by atoms with van der Waals surface area (Å²) in [4.78, 5) is 20.1. The number of rotatable bonds is 5. The zero-order valence-electron chi connectivity index (χ0n) is 16.6. The van der Waals surface area contributed by atoms with Crippen molar-refractivity contribution in [3.05, 3.63) is 29.3 Å². The molecular weight excluding hydrogens is 336 g/mol. The van der Waals surface area contributed by atoms with E-state index in [9.17, 15) is 4.79 Å². The summed E-state index contributed by atoms with van der Waals surface area (Å²) < 4.78 is 10.4. The molecule has 148 valence electrons. The molecule has 1 aromatic rings. The summed E-state index contributed by atoms with van der Waals surface area (Å²) in [6.45, 7) is 10.7. The highest BCUT2D eigenvalue weighted by Crippen LogP contribution is 2.21. The predicted octanol–water partition coefficient (Wildman–Crippen LogP) is 2.07. The van der Waals surface area contributed by atoms with Crippen molar-refractivity contribution in [2.24, 2.45) is 0 Å². The van der Waals surface area contributed by atoms with Crippen molar-refractivity contribution in [1.82, 2.24) is 10.2 Å². The Morgan fingerprint density at radius 3 is 2.15 bits per heavy atom. The van der Waals surface area contributed by atoms with E-state index in [1.165, 1.54) is 11.1 Å². The van der Waals surface area contributed by atoms with Crippen molar-refractivity contribution in [3.63, 3.8) is 0 Å². The molecule has 1 aliphatic rings. The van der Waals surface area contributed by atoms with Gasteiger partial charge >= 0.3 is 0 Å². The first kappa shape index (κ1) is 23.9. The van der Waals surface area contributed by atoms with Crippen LogP contribution in [-0.2, 0) is 20.9 Å². The Morgan fingerprint density at radius 2 is 1.85 bits per heavy atom. The van der Waals surface area contributed by atoms with E-state index in [0.717, 1.165) is 25.4 Å². The Hall–Kier alpha value is -2.12. The smallest absolute Gasteiger partial charge is 0.293 e.